The fraction of sp³-hybridized carbons (Fsp3) is 0.333. The number of carbonyl (C=O) groups excluding carboxylic acids is 1. The molecule has 1 aliphatic heterocycles. The van der Waals surface area contributed by atoms with E-state index in [9.17, 15) is 14.7 Å². The molecule has 0 radical (unpaired) electrons. The second-order valence-electron chi connectivity index (χ2n) is 6.77. The molecule has 26 heavy (non-hydrogen) atoms. The molecule has 1 fully saturated rings. The first-order valence-corrected chi connectivity index (χ1v) is 8.74. The number of aliphatic carboxylic acids is 1. The minimum Gasteiger partial charge on any atom is -0.479 e. The molecule has 0 aliphatic carbocycles. The van der Waals surface area contributed by atoms with E-state index >= 15 is 0 Å². The van der Waals surface area contributed by atoms with Gasteiger partial charge in [0.2, 0.25) is 0 Å². The lowest BCUT2D eigenvalue weighted by Gasteiger charge is -2.17. The summed E-state index contributed by atoms with van der Waals surface area (Å²) < 4.78 is 5.41. The van der Waals surface area contributed by atoms with Crippen LogP contribution in [0.1, 0.15) is 51.0 Å². The van der Waals surface area contributed by atoms with Gasteiger partial charge >= 0.3 is 5.97 Å². The highest BCUT2D eigenvalue weighted by Gasteiger charge is 2.24. The van der Waals surface area contributed by atoms with E-state index in [2.05, 4.69) is 5.32 Å². The second-order valence-corrected chi connectivity index (χ2v) is 6.77. The number of carboxylic acids is 1. The van der Waals surface area contributed by atoms with Gasteiger partial charge in [0, 0.05) is 18.1 Å². The quantitative estimate of drug-likeness (QED) is 0.864. The summed E-state index contributed by atoms with van der Waals surface area (Å²) in [4.78, 5) is 24.4. The van der Waals surface area contributed by atoms with Crippen LogP contribution in [0.2, 0.25) is 0 Å². The van der Waals surface area contributed by atoms with Crippen molar-refractivity contribution in [1.29, 1.82) is 0 Å². The van der Waals surface area contributed by atoms with E-state index in [0.29, 0.717) is 17.7 Å². The average Bonchev–Trinajstić information content (AvgIpc) is 3.16. The van der Waals surface area contributed by atoms with Crippen molar-refractivity contribution in [2.75, 3.05) is 13.2 Å². The molecule has 2 atom stereocenters. The number of benzene rings is 2. The fourth-order valence-electron chi connectivity index (χ4n) is 3.18. The van der Waals surface area contributed by atoms with Crippen LogP contribution in [0.15, 0.2) is 42.5 Å². The van der Waals surface area contributed by atoms with Crippen molar-refractivity contribution in [3.8, 4) is 0 Å². The zero-order valence-corrected chi connectivity index (χ0v) is 15.0. The monoisotopic (exact) mass is 353 g/mol. The van der Waals surface area contributed by atoms with Crippen molar-refractivity contribution in [2.45, 2.75) is 32.2 Å². The third kappa shape index (κ3) is 3.94. The van der Waals surface area contributed by atoms with E-state index < -0.39 is 17.9 Å². The number of hydrogen-bond acceptors (Lipinski definition) is 3. The summed E-state index contributed by atoms with van der Waals surface area (Å²) in [7, 11) is 0. The number of carboxylic acid groups (broad SMARTS) is 1. The summed E-state index contributed by atoms with van der Waals surface area (Å²) in [6.07, 6.45) is 0.936. The lowest BCUT2D eigenvalue weighted by Crippen LogP contribution is -2.33. The third-order valence-electron chi connectivity index (χ3n) is 4.94. The van der Waals surface area contributed by atoms with Gasteiger partial charge in [-0.25, -0.2) is 4.79 Å². The number of hydrogen-bond donors (Lipinski definition) is 2. The van der Waals surface area contributed by atoms with Crippen molar-refractivity contribution in [2.24, 2.45) is 0 Å². The number of amides is 1. The normalized spacial score (nSPS) is 17.7. The molecular weight excluding hydrogens is 330 g/mol. The first-order chi connectivity index (χ1) is 12.5. The summed E-state index contributed by atoms with van der Waals surface area (Å²) in [5.41, 5.74) is 4.15. The maximum absolute atomic E-state index is 12.6. The summed E-state index contributed by atoms with van der Waals surface area (Å²) in [6, 6.07) is 11.7. The summed E-state index contributed by atoms with van der Waals surface area (Å²) in [6.45, 7) is 5.28. The molecule has 0 saturated carbocycles. The van der Waals surface area contributed by atoms with Gasteiger partial charge in [-0.3, -0.25) is 4.79 Å². The molecule has 1 aliphatic rings. The Bertz CT molecular complexity index is 825. The first-order valence-electron chi connectivity index (χ1n) is 8.74. The van der Waals surface area contributed by atoms with Crippen LogP contribution in [0.3, 0.4) is 0 Å². The number of aryl methyl sites for hydroxylation is 2. The molecule has 1 heterocycles. The van der Waals surface area contributed by atoms with E-state index in [-0.39, 0.29) is 5.92 Å². The molecule has 1 saturated heterocycles. The van der Waals surface area contributed by atoms with Gasteiger partial charge < -0.3 is 15.2 Å². The predicted molar refractivity (Wildman–Crippen MR) is 98.4 cm³/mol. The Morgan fingerprint density at radius 2 is 1.96 bits per heavy atom. The minimum absolute atomic E-state index is 0.290. The van der Waals surface area contributed by atoms with E-state index in [1.54, 1.807) is 18.2 Å². The highest BCUT2D eigenvalue weighted by molar-refractivity contribution is 5.97. The Labute approximate surface area is 153 Å². The Kier molecular flexibility index (Phi) is 5.38. The van der Waals surface area contributed by atoms with Crippen molar-refractivity contribution in [1.82, 2.24) is 5.32 Å². The van der Waals surface area contributed by atoms with Crippen molar-refractivity contribution in [3.05, 3.63) is 70.3 Å². The molecule has 0 bridgehead atoms. The van der Waals surface area contributed by atoms with Gasteiger partial charge in [0.05, 0.1) is 6.61 Å². The van der Waals surface area contributed by atoms with Gasteiger partial charge in [0.1, 0.15) is 0 Å². The standard InChI is InChI=1S/C21H23NO4/c1-13-6-7-16(10-14(13)2)19(21(24)25)22-20(23)17-5-3-4-15(11-17)18-8-9-26-12-18/h3-7,10-11,18-19H,8-9,12H2,1-2H3,(H,22,23)(H,24,25). The lowest BCUT2D eigenvalue weighted by molar-refractivity contribution is -0.139. The SMILES string of the molecule is Cc1ccc(C(NC(=O)c2cccc(C3CCOC3)c2)C(=O)O)cc1C. The third-order valence-corrected chi connectivity index (χ3v) is 4.94. The molecule has 0 aromatic heterocycles. The Morgan fingerprint density at radius 3 is 2.62 bits per heavy atom. The van der Waals surface area contributed by atoms with Crippen LogP contribution in [-0.2, 0) is 9.53 Å². The van der Waals surface area contributed by atoms with Crippen LogP contribution in [0.5, 0.6) is 0 Å². The van der Waals surface area contributed by atoms with Crippen LogP contribution >= 0.6 is 0 Å². The van der Waals surface area contributed by atoms with Crippen LogP contribution in [0, 0.1) is 13.8 Å². The molecule has 1 amide bonds. The topological polar surface area (TPSA) is 75.6 Å². The molecule has 5 heteroatoms. The zero-order valence-electron chi connectivity index (χ0n) is 15.0. The Hall–Kier alpha value is -2.66. The Balaban J connectivity index is 1.81. The van der Waals surface area contributed by atoms with E-state index in [4.69, 9.17) is 4.74 Å². The molecule has 2 N–H and O–H groups in total. The number of nitrogens with one attached hydrogen (secondary N) is 1. The van der Waals surface area contributed by atoms with Crippen molar-refractivity contribution < 1.29 is 19.4 Å². The van der Waals surface area contributed by atoms with Crippen LogP contribution in [-0.4, -0.2) is 30.2 Å². The van der Waals surface area contributed by atoms with Gasteiger partial charge in [-0.2, -0.15) is 0 Å². The maximum atomic E-state index is 12.6. The molecule has 0 spiro atoms. The summed E-state index contributed by atoms with van der Waals surface area (Å²) >= 11 is 0. The van der Waals surface area contributed by atoms with Gasteiger partial charge in [0.15, 0.2) is 6.04 Å². The highest BCUT2D eigenvalue weighted by Crippen LogP contribution is 2.26. The van der Waals surface area contributed by atoms with Crippen LogP contribution in [0.25, 0.3) is 0 Å². The van der Waals surface area contributed by atoms with Gasteiger partial charge in [-0.15, -0.1) is 0 Å². The minimum atomic E-state index is -1.08. The average molecular weight is 353 g/mol. The predicted octanol–water partition coefficient (Wildman–Crippen LogP) is 3.36. The molecule has 2 aromatic carbocycles. The summed E-state index contributed by atoms with van der Waals surface area (Å²) in [5, 5.41) is 12.2. The van der Waals surface area contributed by atoms with Gasteiger partial charge in [0.25, 0.3) is 5.91 Å². The lowest BCUT2D eigenvalue weighted by atomic mass is 9.96. The van der Waals surface area contributed by atoms with E-state index in [0.717, 1.165) is 29.7 Å². The molecule has 136 valence electrons. The molecular formula is C21H23NO4. The van der Waals surface area contributed by atoms with Gasteiger partial charge in [-0.1, -0.05) is 30.3 Å². The highest BCUT2D eigenvalue weighted by atomic mass is 16.5. The van der Waals surface area contributed by atoms with E-state index in [1.165, 1.54) is 0 Å². The largest absolute Gasteiger partial charge is 0.479 e. The van der Waals surface area contributed by atoms with Crippen LogP contribution < -0.4 is 5.32 Å². The van der Waals surface area contributed by atoms with Gasteiger partial charge in [-0.05, 0) is 54.7 Å². The number of carbonyl (C=O) groups is 2. The molecule has 3 rings (SSSR count). The summed E-state index contributed by atoms with van der Waals surface area (Å²) in [5.74, 6) is -1.18. The maximum Gasteiger partial charge on any atom is 0.330 e. The second kappa shape index (κ2) is 7.70. The molecule has 5 nitrogen and oxygen atoms in total. The van der Waals surface area contributed by atoms with E-state index in [1.807, 2.05) is 38.1 Å². The number of ether oxygens (including phenoxy) is 1. The molecule has 2 unspecified atom stereocenters. The van der Waals surface area contributed by atoms with Crippen molar-refractivity contribution >= 4 is 11.9 Å². The smallest absolute Gasteiger partial charge is 0.330 e. The number of rotatable bonds is 5. The first kappa shape index (κ1) is 18.1. The van der Waals surface area contributed by atoms with Crippen molar-refractivity contribution in [3.63, 3.8) is 0 Å². The fourth-order valence-corrected chi connectivity index (χ4v) is 3.18. The van der Waals surface area contributed by atoms with Crippen LogP contribution in [0.4, 0.5) is 0 Å². The Morgan fingerprint density at radius 1 is 1.15 bits per heavy atom. The zero-order chi connectivity index (χ0) is 18.7. The molecule has 2 aromatic rings.